The van der Waals surface area contributed by atoms with E-state index in [-0.39, 0.29) is 21.3 Å². The normalized spacial score (nSPS) is 10.1. The highest BCUT2D eigenvalue weighted by molar-refractivity contribution is 14.1. The second-order valence-corrected chi connectivity index (χ2v) is 6.37. The van der Waals surface area contributed by atoms with Crippen LogP contribution in [-0.2, 0) is 4.74 Å². The van der Waals surface area contributed by atoms with Crippen molar-refractivity contribution >= 4 is 69.2 Å². The maximum absolute atomic E-state index is 12.2. The van der Waals surface area contributed by atoms with Gasteiger partial charge in [0.1, 0.15) is 5.56 Å². The first-order valence-electron chi connectivity index (χ1n) is 6.32. The quantitative estimate of drug-likeness (QED) is 0.494. The van der Waals surface area contributed by atoms with Crippen LogP contribution in [0.4, 0.5) is 16.2 Å². The van der Waals surface area contributed by atoms with Crippen LogP contribution in [0, 0.1) is 3.57 Å². The molecule has 0 saturated heterocycles. The molecule has 0 fully saturated rings. The molecule has 2 N–H and O–H groups in total. The minimum Gasteiger partial charge on any atom is -0.465 e. The van der Waals surface area contributed by atoms with Gasteiger partial charge in [0, 0.05) is 8.59 Å². The van der Waals surface area contributed by atoms with Crippen LogP contribution >= 0.6 is 45.8 Å². The minimum absolute atomic E-state index is 0.0384. The number of urea groups is 1. The average molecular weight is 465 g/mol. The maximum atomic E-state index is 12.2. The summed E-state index contributed by atoms with van der Waals surface area (Å²) in [5, 5.41) is 5.62. The Morgan fingerprint density at radius 1 is 1.09 bits per heavy atom. The highest BCUT2D eigenvalue weighted by atomic mass is 127. The molecular weight excluding hydrogens is 454 g/mol. The molecule has 0 aromatic heterocycles. The van der Waals surface area contributed by atoms with Gasteiger partial charge in [-0.2, -0.15) is 0 Å². The summed E-state index contributed by atoms with van der Waals surface area (Å²) < 4.78 is 5.55. The van der Waals surface area contributed by atoms with Crippen LogP contribution in [0.5, 0.6) is 0 Å². The van der Waals surface area contributed by atoms with Crippen molar-refractivity contribution in [3.63, 3.8) is 0 Å². The number of rotatable bonds is 3. The maximum Gasteiger partial charge on any atom is 0.341 e. The van der Waals surface area contributed by atoms with Crippen LogP contribution in [0.2, 0.25) is 10.0 Å². The second kappa shape index (κ2) is 7.85. The lowest BCUT2D eigenvalue weighted by Gasteiger charge is -2.13. The zero-order valence-corrected chi connectivity index (χ0v) is 15.5. The highest BCUT2D eigenvalue weighted by Crippen LogP contribution is 2.30. The van der Waals surface area contributed by atoms with Crippen LogP contribution < -0.4 is 10.6 Å². The van der Waals surface area contributed by atoms with Gasteiger partial charge >= 0.3 is 12.0 Å². The number of carbonyl (C=O) groups is 2. The Hall–Kier alpha value is -1.51. The van der Waals surface area contributed by atoms with Crippen molar-refractivity contribution in [2.75, 3.05) is 17.7 Å². The van der Waals surface area contributed by atoms with E-state index in [4.69, 9.17) is 23.2 Å². The molecule has 2 amide bonds. The number of para-hydroxylation sites is 1. The van der Waals surface area contributed by atoms with Gasteiger partial charge in [-0.05, 0) is 46.9 Å². The lowest BCUT2D eigenvalue weighted by molar-refractivity contribution is 0.0602. The van der Waals surface area contributed by atoms with E-state index < -0.39 is 12.0 Å². The molecule has 0 spiro atoms. The van der Waals surface area contributed by atoms with Gasteiger partial charge in [0.15, 0.2) is 0 Å². The van der Waals surface area contributed by atoms with Gasteiger partial charge in [0.2, 0.25) is 0 Å². The van der Waals surface area contributed by atoms with Crippen molar-refractivity contribution in [3.8, 4) is 0 Å². The van der Waals surface area contributed by atoms with Gasteiger partial charge in [0.25, 0.3) is 0 Å². The molecule has 2 aromatic rings. The Kier molecular flexibility index (Phi) is 6.09. The SMILES string of the molecule is COC(=O)c1c(Cl)cc(Cl)cc1NC(=O)Nc1ccccc1I. The van der Waals surface area contributed by atoms with E-state index in [0.29, 0.717) is 5.69 Å². The van der Waals surface area contributed by atoms with Crippen molar-refractivity contribution in [3.05, 3.63) is 55.6 Å². The number of ether oxygens (including phenoxy) is 1. The first-order valence-corrected chi connectivity index (χ1v) is 8.15. The minimum atomic E-state index is -0.670. The summed E-state index contributed by atoms with van der Waals surface area (Å²) in [6.45, 7) is 0. The lowest BCUT2D eigenvalue weighted by Crippen LogP contribution is -2.22. The summed E-state index contributed by atoms with van der Waals surface area (Å²) in [5.74, 6) is -0.670. The van der Waals surface area contributed by atoms with Gasteiger partial charge in [-0.15, -0.1) is 0 Å². The highest BCUT2D eigenvalue weighted by Gasteiger charge is 2.19. The Balaban J connectivity index is 2.27. The van der Waals surface area contributed by atoms with E-state index in [1.54, 1.807) is 12.1 Å². The zero-order valence-electron chi connectivity index (χ0n) is 11.8. The fraction of sp³-hybridized carbons (Fsp3) is 0.0667. The van der Waals surface area contributed by atoms with E-state index in [9.17, 15) is 9.59 Å². The van der Waals surface area contributed by atoms with E-state index in [1.807, 2.05) is 12.1 Å². The first kappa shape index (κ1) is 17.8. The summed E-state index contributed by atoms with van der Waals surface area (Å²) >= 11 is 14.0. The van der Waals surface area contributed by atoms with Crippen molar-refractivity contribution < 1.29 is 14.3 Å². The number of amides is 2. The molecule has 0 aliphatic rings. The molecule has 0 atom stereocenters. The third kappa shape index (κ3) is 4.49. The topological polar surface area (TPSA) is 67.4 Å². The number of halogens is 3. The smallest absolute Gasteiger partial charge is 0.341 e. The van der Waals surface area contributed by atoms with E-state index in [2.05, 4.69) is 38.0 Å². The molecule has 0 radical (unpaired) electrons. The third-order valence-electron chi connectivity index (χ3n) is 2.81. The summed E-state index contributed by atoms with van der Waals surface area (Å²) in [6, 6.07) is 9.57. The van der Waals surface area contributed by atoms with Gasteiger partial charge in [0.05, 0.1) is 23.5 Å². The van der Waals surface area contributed by atoms with Gasteiger partial charge in [-0.1, -0.05) is 35.3 Å². The molecule has 8 heteroatoms. The molecule has 0 aliphatic heterocycles. The number of nitrogens with one attached hydrogen (secondary N) is 2. The molecular formula is C15H11Cl2IN2O3. The van der Waals surface area contributed by atoms with Crippen LogP contribution in [-0.4, -0.2) is 19.1 Å². The predicted octanol–water partition coefficient (Wildman–Crippen LogP) is 5.03. The molecule has 0 unspecified atom stereocenters. The Labute approximate surface area is 156 Å². The van der Waals surface area contributed by atoms with E-state index in [1.165, 1.54) is 19.2 Å². The summed E-state index contributed by atoms with van der Waals surface area (Å²) in [6.07, 6.45) is 0. The molecule has 2 aromatic carbocycles. The molecule has 0 aliphatic carbocycles. The fourth-order valence-corrected chi connectivity index (χ4v) is 2.91. The number of esters is 1. The van der Waals surface area contributed by atoms with Gasteiger partial charge in [-0.25, -0.2) is 9.59 Å². The second-order valence-electron chi connectivity index (χ2n) is 4.36. The van der Waals surface area contributed by atoms with Crippen molar-refractivity contribution in [2.24, 2.45) is 0 Å². The van der Waals surface area contributed by atoms with Gasteiger partial charge in [-0.3, -0.25) is 0 Å². The summed E-state index contributed by atoms with van der Waals surface area (Å²) in [7, 11) is 1.23. The standard InChI is InChI=1S/C15H11Cl2IN2O3/c1-23-14(21)13-9(17)6-8(16)7-12(13)20-15(22)19-11-5-3-2-4-10(11)18/h2-7H,1H3,(H2,19,20,22). The summed E-state index contributed by atoms with van der Waals surface area (Å²) in [5.41, 5.74) is 0.840. The number of benzene rings is 2. The third-order valence-corrected chi connectivity index (χ3v) is 4.27. The van der Waals surface area contributed by atoms with Crippen LogP contribution in [0.15, 0.2) is 36.4 Å². The first-order chi connectivity index (χ1) is 10.9. The van der Waals surface area contributed by atoms with Gasteiger partial charge < -0.3 is 15.4 Å². The molecule has 0 heterocycles. The lowest BCUT2D eigenvalue weighted by atomic mass is 10.1. The number of carbonyl (C=O) groups excluding carboxylic acids is 2. The number of hydrogen-bond donors (Lipinski definition) is 2. The molecule has 0 saturated carbocycles. The molecule has 120 valence electrons. The molecule has 2 rings (SSSR count). The Morgan fingerprint density at radius 2 is 1.74 bits per heavy atom. The van der Waals surface area contributed by atoms with Crippen LogP contribution in [0.3, 0.4) is 0 Å². The van der Waals surface area contributed by atoms with Crippen molar-refractivity contribution in [1.29, 1.82) is 0 Å². The summed E-state index contributed by atoms with van der Waals surface area (Å²) in [4.78, 5) is 24.0. The molecule has 23 heavy (non-hydrogen) atoms. The molecule has 0 bridgehead atoms. The van der Waals surface area contributed by atoms with E-state index in [0.717, 1.165) is 3.57 Å². The largest absolute Gasteiger partial charge is 0.465 e. The van der Waals surface area contributed by atoms with Crippen molar-refractivity contribution in [2.45, 2.75) is 0 Å². The Bertz CT molecular complexity index is 768. The van der Waals surface area contributed by atoms with Crippen LogP contribution in [0.1, 0.15) is 10.4 Å². The van der Waals surface area contributed by atoms with Crippen molar-refractivity contribution in [1.82, 2.24) is 0 Å². The monoisotopic (exact) mass is 464 g/mol. The Morgan fingerprint density at radius 3 is 2.39 bits per heavy atom. The fourth-order valence-electron chi connectivity index (χ4n) is 1.82. The molecule has 5 nitrogen and oxygen atoms in total. The number of hydrogen-bond acceptors (Lipinski definition) is 3. The average Bonchev–Trinajstić information content (AvgIpc) is 2.48. The number of methoxy groups -OCH3 is 1. The van der Waals surface area contributed by atoms with Crippen LogP contribution in [0.25, 0.3) is 0 Å². The number of anilines is 2. The predicted molar refractivity (Wildman–Crippen MR) is 99.6 cm³/mol. The zero-order chi connectivity index (χ0) is 17.0. The van der Waals surface area contributed by atoms with E-state index >= 15 is 0 Å².